The van der Waals surface area contributed by atoms with Crippen molar-refractivity contribution in [3.05, 3.63) is 94.0 Å². The molecule has 0 aliphatic carbocycles. The standard InChI is InChI=1S/C28H29N3O2S/c1-18-5-9-22(10-6-18)17-30-25-12-7-19(2)15-24(25)28(26(30)32)31(13-14-34-28)27(33)29-23-11-8-20(3)21(4)16-23/h5-12,15-16H,13-14,17H2,1-4H3,(H,29,33). The van der Waals surface area contributed by atoms with Gasteiger partial charge in [-0.2, -0.15) is 0 Å². The molecule has 0 saturated carbocycles. The Labute approximate surface area is 205 Å². The van der Waals surface area contributed by atoms with Crippen molar-refractivity contribution in [3.63, 3.8) is 0 Å². The molecule has 3 aromatic rings. The molecule has 174 valence electrons. The molecule has 0 bridgehead atoms. The zero-order chi connectivity index (χ0) is 24.0. The van der Waals surface area contributed by atoms with Crippen molar-refractivity contribution in [3.8, 4) is 0 Å². The number of benzene rings is 3. The van der Waals surface area contributed by atoms with Gasteiger partial charge in [0, 0.05) is 23.5 Å². The van der Waals surface area contributed by atoms with Gasteiger partial charge in [0.05, 0.1) is 12.2 Å². The normalized spacial score (nSPS) is 19.1. The zero-order valence-electron chi connectivity index (χ0n) is 20.0. The maximum atomic E-state index is 14.1. The van der Waals surface area contributed by atoms with Crippen LogP contribution >= 0.6 is 11.8 Å². The van der Waals surface area contributed by atoms with Crippen LogP contribution in [0.25, 0.3) is 0 Å². The van der Waals surface area contributed by atoms with E-state index in [2.05, 4.69) is 42.6 Å². The zero-order valence-corrected chi connectivity index (χ0v) is 20.8. The van der Waals surface area contributed by atoms with E-state index >= 15 is 0 Å². The lowest BCUT2D eigenvalue weighted by Crippen LogP contribution is -2.51. The fourth-order valence-corrected chi connectivity index (χ4v) is 6.22. The molecule has 1 fully saturated rings. The highest BCUT2D eigenvalue weighted by Crippen LogP contribution is 2.54. The van der Waals surface area contributed by atoms with Crippen molar-refractivity contribution in [1.82, 2.24) is 4.90 Å². The highest BCUT2D eigenvalue weighted by atomic mass is 32.2. The number of rotatable bonds is 3. The minimum Gasteiger partial charge on any atom is -0.308 e. The van der Waals surface area contributed by atoms with Gasteiger partial charge in [-0.25, -0.2) is 4.79 Å². The van der Waals surface area contributed by atoms with E-state index in [0.29, 0.717) is 18.8 Å². The van der Waals surface area contributed by atoms with Crippen molar-refractivity contribution in [2.45, 2.75) is 39.1 Å². The molecular formula is C28H29N3O2S. The smallest absolute Gasteiger partial charge is 0.308 e. The Bertz CT molecular complexity index is 1290. The van der Waals surface area contributed by atoms with E-state index in [0.717, 1.165) is 33.6 Å². The molecule has 2 aliphatic heterocycles. The summed E-state index contributed by atoms with van der Waals surface area (Å²) in [6, 6.07) is 20.0. The summed E-state index contributed by atoms with van der Waals surface area (Å²) in [6.45, 7) is 9.15. The van der Waals surface area contributed by atoms with Crippen molar-refractivity contribution < 1.29 is 9.59 Å². The van der Waals surface area contributed by atoms with Gasteiger partial charge in [-0.05, 0) is 62.6 Å². The number of urea groups is 1. The number of fused-ring (bicyclic) bond motifs is 2. The number of thioether (sulfide) groups is 1. The van der Waals surface area contributed by atoms with E-state index in [9.17, 15) is 9.59 Å². The minimum atomic E-state index is -1.05. The molecule has 5 nitrogen and oxygen atoms in total. The SMILES string of the molecule is Cc1ccc(CN2C(=O)C3(SCCN3C(=O)Nc3ccc(C)c(C)c3)c3cc(C)ccc32)cc1. The summed E-state index contributed by atoms with van der Waals surface area (Å²) in [4.78, 5) is 30.2. The van der Waals surface area contributed by atoms with Gasteiger partial charge in [0.2, 0.25) is 0 Å². The number of carbonyl (C=O) groups is 2. The molecule has 5 rings (SSSR count). The summed E-state index contributed by atoms with van der Waals surface area (Å²) < 4.78 is 0. The third kappa shape index (κ3) is 3.66. The molecule has 0 aromatic heterocycles. The van der Waals surface area contributed by atoms with Crippen LogP contribution in [-0.2, 0) is 16.2 Å². The van der Waals surface area contributed by atoms with Crippen molar-refractivity contribution in [1.29, 1.82) is 0 Å². The highest BCUT2D eigenvalue weighted by molar-refractivity contribution is 8.01. The Morgan fingerprint density at radius 1 is 0.941 bits per heavy atom. The number of nitrogens with one attached hydrogen (secondary N) is 1. The van der Waals surface area contributed by atoms with Gasteiger partial charge in [0.1, 0.15) is 0 Å². The van der Waals surface area contributed by atoms with E-state index < -0.39 is 4.87 Å². The third-order valence-corrected chi connectivity index (χ3v) is 8.23. The molecule has 3 aromatic carbocycles. The molecule has 1 N–H and O–H groups in total. The maximum absolute atomic E-state index is 14.1. The number of carbonyl (C=O) groups excluding carboxylic acids is 2. The fourth-order valence-electron chi connectivity index (χ4n) is 4.77. The Morgan fingerprint density at radius 2 is 1.68 bits per heavy atom. The summed E-state index contributed by atoms with van der Waals surface area (Å²) in [5.74, 6) is 0.657. The quantitative estimate of drug-likeness (QED) is 0.517. The number of hydrogen-bond acceptors (Lipinski definition) is 3. The predicted molar refractivity (Wildman–Crippen MR) is 139 cm³/mol. The van der Waals surface area contributed by atoms with Gasteiger partial charge < -0.3 is 10.2 Å². The molecule has 2 heterocycles. The number of anilines is 2. The third-order valence-electron chi connectivity index (χ3n) is 6.81. The molecule has 1 spiro atoms. The largest absolute Gasteiger partial charge is 0.323 e. The topological polar surface area (TPSA) is 52.7 Å². The van der Waals surface area contributed by atoms with Crippen LogP contribution in [0.2, 0.25) is 0 Å². The summed E-state index contributed by atoms with van der Waals surface area (Å²) >= 11 is 1.56. The second kappa shape index (κ2) is 8.51. The minimum absolute atomic E-state index is 0.0496. The van der Waals surface area contributed by atoms with Gasteiger partial charge in [-0.1, -0.05) is 53.6 Å². The van der Waals surface area contributed by atoms with Crippen LogP contribution < -0.4 is 10.2 Å². The van der Waals surface area contributed by atoms with Crippen molar-refractivity contribution >= 4 is 35.1 Å². The van der Waals surface area contributed by atoms with E-state index in [-0.39, 0.29) is 11.9 Å². The first-order valence-electron chi connectivity index (χ1n) is 11.6. The Balaban J connectivity index is 1.52. The molecule has 2 aliphatic rings. The molecular weight excluding hydrogens is 442 g/mol. The summed E-state index contributed by atoms with van der Waals surface area (Å²) in [5, 5.41) is 3.04. The predicted octanol–water partition coefficient (Wildman–Crippen LogP) is 5.90. The van der Waals surface area contributed by atoms with Gasteiger partial charge in [-0.3, -0.25) is 9.69 Å². The molecule has 1 atom stereocenters. The number of amides is 3. The van der Waals surface area contributed by atoms with Gasteiger partial charge in [0.25, 0.3) is 5.91 Å². The molecule has 1 saturated heterocycles. The number of nitrogens with zero attached hydrogens (tertiary/aromatic N) is 2. The van der Waals surface area contributed by atoms with E-state index in [1.807, 2.05) is 56.0 Å². The van der Waals surface area contributed by atoms with E-state index in [4.69, 9.17) is 0 Å². The average Bonchev–Trinajstić information content (AvgIpc) is 3.35. The van der Waals surface area contributed by atoms with E-state index in [1.165, 1.54) is 11.1 Å². The first kappa shape index (κ1) is 22.5. The van der Waals surface area contributed by atoms with Crippen LogP contribution in [0.1, 0.15) is 33.4 Å². The number of aryl methyl sites for hydroxylation is 4. The van der Waals surface area contributed by atoms with Crippen LogP contribution in [0.5, 0.6) is 0 Å². The van der Waals surface area contributed by atoms with Gasteiger partial charge in [0.15, 0.2) is 4.87 Å². The lowest BCUT2D eigenvalue weighted by molar-refractivity contribution is -0.123. The second-order valence-corrected chi connectivity index (χ2v) is 10.6. The van der Waals surface area contributed by atoms with Crippen LogP contribution in [-0.4, -0.2) is 29.1 Å². The highest BCUT2D eigenvalue weighted by Gasteiger charge is 2.59. The summed E-state index contributed by atoms with van der Waals surface area (Å²) in [5.41, 5.74) is 8.15. The molecule has 1 unspecified atom stereocenters. The lowest BCUT2D eigenvalue weighted by atomic mass is 10.0. The number of hydrogen-bond donors (Lipinski definition) is 1. The van der Waals surface area contributed by atoms with Gasteiger partial charge >= 0.3 is 6.03 Å². The van der Waals surface area contributed by atoms with E-state index in [1.54, 1.807) is 16.7 Å². The van der Waals surface area contributed by atoms with Crippen LogP contribution in [0.3, 0.4) is 0 Å². The van der Waals surface area contributed by atoms with Crippen LogP contribution in [0.15, 0.2) is 60.7 Å². The lowest BCUT2D eigenvalue weighted by Gasteiger charge is -2.33. The first-order valence-corrected chi connectivity index (χ1v) is 12.6. The Hall–Kier alpha value is -3.25. The van der Waals surface area contributed by atoms with Crippen molar-refractivity contribution in [2.75, 3.05) is 22.5 Å². The monoisotopic (exact) mass is 471 g/mol. The molecule has 3 amide bonds. The Morgan fingerprint density at radius 3 is 2.41 bits per heavy atom. The summed E-state index contributed by atoms with van der Waals surface area (Å²) in [7, 11) is 0. The maximum Gasteiger partial charge on any atom is 0.323 e. The second-order valence-electron chi connectivity index (χ2n) is 9.27. The average molecular weight is 472 g/mol. The Kier molecular flexibility index (Phi) is 5.64. The molecule has 6 heteroatoms. The fraction of sp³-hybridized carbons (Fsp3) is 0.286. The summed E-state index contributed by atoms with van der Waals surface area (Å²) in [6.07, 6.45) is 0. The molecule has 34 heavy (non-hydrogen) atoms. The first-order chi connectivity index (χ1) is 16.3. The van der Waals surface area contributed by atoms with Crippen LogP contribution in [0, 0.1) is 27.7 Å². The van der Waals surface area contributed by atoms with Crippen molar-refractivity contribution in [2.24, 2.45) is 0 Å². The molecule has 0 radical (unpaired) electrons. The van der Waals surface area contributed by atoms with Gasteiger partial charge in [-0.15, -0.1) is 11.8 Å². The van der Waals surface area contributed by atoms with Crippen LogP contribution in [0.4, 0.5) is 16.2 Å².